The van der Waals surface area contributed by atoms with E-state index in [1.165, 1.54) is 30.9 Å². The molecule has 0 aromatic heterocycles. The molecule has 0 amide bonds. The summed E-state index contributed by atoms with van der Waals surface area (Å²) >= 11 is 0. The maximum atomic E-state index is 12.4. The van der Waals surface area contributed by atoms with E-state index in [1.54, 1.807) is 6.92 Å². The molecule has 1 unspecified atom stereocenters. The van der Waals surface area contributed by atoms with E-state index < -0.39 is 6.10 Å². The molecule has 28 heavy (non-hydrogen) atoms. The second-order valence-corrected chi connectivity index (χ2v) is 7.65. The van der Waals surface area contributed by atoms with E-state index in [4.69, 9.17) is 9.47 Å². The molecule has 1 N–H and O–H groups in total. The Morgan fingerprint density at radius 3 is 2.07 bits per heavy atom. The highest BCUT2D eigenvalue weighted by molar-refractivity contribution is 6.08. The monoisotopic (exact) mass is 388 g/mol. The van der Waals surface area contributed by atoms with Crippen molar-refractivity contribution >= 4 is 5.78 Å². The maximum Gasteiger partial charge on any atom is 0.226 e. The van der Waals surface area contributed by atoms with Gasteiger partial charge in [-0.3, -0.25) is 4.79 Å². The van der Waals surface area contributed by atoms with Crippen LogP contribution >= 0.6 is 0 Å². The standard InChI is InChI=1S/C24H36O4/c1-16(2)10-8-11-17(3)12-9-13-18(4)14-15-20-19(5)21(25)23(27-6)24(28-7)22(20)26/h10,12,14,22,26H,8-9,11,13,15H2,1-7H3. The van der Waals surface area contributed by atoms with Crippen LogP contribution in [-0.2, 0) is 14.3 Å². The van der Waals surface area contributed by atoms with E-state index in [2.05, 4.69) is 45.9 Å². The number of allylic oxidation sites excluding steroid dienone is 7. The van der Waals surface area contributed by atoms with Crippen LogP contribution in [0.25, 0.3) is 0 Å². The topological polar surface area (TPSA) is 55.8 Å². The smallest absolute Gasteiger partial charge is 0.226 e. The van der Waals surface area contributed by atoms with Gasteiger partial charge < -0.3 is 14.6 Å². The fraction of sp³-hybridized carbons (Fsp3) is 0.542. The van der Waals surface area contributed by atoms with Gasteiger partial charge in [0.25, 0.3) is 0 Å². The van der Waals surface area contributed by atoms with Crippen LogP contribution in [0.2, 0.25) is 0 Å². The van der Waals surface area contributed by atoms with Gasteiger partial charge in [-0.1, -0.05) is 34.9 Å². The van der Waals surface area contributed by atoms with Crippen LogP contribution < -0.4 is 0 Å². The van der Waals surface area contributed by atoms with Gasteiger partial charge in [0.05, 0.1) is 14.2 Å². The zero-order valence-corrected chi connectivity index (χ0v) is 18.5. The van der Waals surface area contributed by atoms with Gasteiger partial charge in [0, 0.05) is 5.57 Å². The molecule has 0 bridgehead atoms. The molecule has 0 heterocycles. The van der Waals surface area contributed by atoms with Crippen LogP contribution in [0, 0.1) is 0 Å². The van der Waals surface area contributed by atoms with Crippen molar-refractivity contribution in [1.29, 1.82) is 0 Å². The largest absolute Gasteiger partial charge is 0.494 e. The number of aliphatic hydroxyl groups is 1. The molecular weight excluding hydrogens is 352 g/mol. The first-order valence-corrected chi connectivity index (χ1v) is 9.92. The molecule has 0 aliphatic heterocycles. The molecule has 0 saturated carbocycles. The number of hydrogen-bond acceptors (Lipinski definition) is 4. The molecule has 1 rings (SSSR count). The van der Waals surface area contributed by atoms with Crippen molar-refractivity contribution in [2.24, 2.45) is 0 Å². The Bertz CT molecular complexity index is 713. The predicted octanol–water partition coefficient (Wildman–Crippen LogP) is 5.56. The Morgan fingerprint density at radius 1 is 0.964 bits per heavy atom. The number of aliphatic hydroxyl groups excluding tert-OH is 1. The van der Waals surface area contributed by atoms with E-state index in [9.17, 15) is 9.90 Å². The molecule has 0 radical (unpaired) electrons. The lowest BCUT2D eigenvalue weighted by atomic mass is 9.89. The summed E-state index contributed by atoms with van der Waals surface area (Å²) in [6, 6.07) is 0. The van der Waals surface area contributed by atoms with E-state index in [0.29, 0.717) is 17.6 Å². The summed E-state index contributed by atoms with van der Waals surface area (Å²) in [5.74, 6) is 0.0559. The van der Waals surface area contributed by atoms with Crippen molar-refractivity contribution in [3.63, 3.8) is 0 Å². The van der Waals surface area contributed by atoms with Gasteiger partial charge >= 0.3 is 0 Å². The minimum absolute atomic E-state index is 0.0886. The first kappa shape index (κ1) is 24.0. The average Bonchev–Trinajstić information content (AvgIpc) is 2.64. The summed E-state index contributed by atoms with van der Waals surface area (Å²) < 4.78 is 10.3. The highest BCUT2D eigenvalue weighted by Crippen LogP contribution is 2.31. The summed E-state index contributed by atoms with van der Waals surface area (Å²) in [5, 5.41) is 10.6. The average molecular weight is 389 g/mol. The number of carbonyl (C=O) groups is 1. The number of hydrogen-bond donors (Lipinski definition) is 1. The lowest BCUT2D eigenvalue weighted by molar-refractivity contribution is -0.116. The highest BCUT2D eigenvalue weighted by Gasteiger charge is 2.34. The lowest BCUT2D eigenvalue weighted by Gasteiger charge is -2.25. The lowest BCUT2D eigenvalue weighted by Crippen LogP contribution is -2.28. The van der Waals surface area contributed by atoms with Crippen molar-refractivity contribution < 1.29 is 19.4 Å². The van der Waals surface area contributed by atoms with E-state index in [0.717, 1.165) is 25.7 Å². The van der Waals surface area contributed by atoms with Crippen LogP contribution in [0.15, 0.2) is 57.6 Å². The molecule has 0 aromatic rings. The van der Waals surface area contributed by atoms with Gasteiger partial charge in [0.2, 0.25) is 11.5 Å². The van der Waals surface area contributed by atoms with E-state index in [-0.39, 0.29) is 17.3 Å². The van der Waals surface area contributed by atoms with Gasteiger partial charge in [-0.2, -0.15) is 0 Å². The quantitative estimate of drug-likeness (QED) is 0.498. The van der Waals surface area contributed by atoms with Gasteiger partial charge in [0.1, 0.15) is 6.10 Å². The third kappa shape index (κ3) is 6.83. The van der Waals surface area contributed by atoms with Gasteiger partial charge in [-0.15, -0.1) is 0 Å². The molecule has 4 heteroatoms. The molecule has 1 aliphatic carbocycles. The number of methoxy groups -OCH3 is 2. The van der Waals surface area contributed by atoms with Crippen LogP contribution in [0.3, 0.4) is 0 Å². The number of ether oxygens (including phenoxy) is 2. The van der Waals surface area contributed by atoms with Crippen molar-refractivity contribution in [1.82, 2.24) is 0 Å². The Labute approximate surface area is 170 Å². The first-order valence-electron chi connectivity index (χ1n) is 9.92. The molecule has 156 valence electrons. The Hall–Kier alpha value is -2.07. The third-order valence-corrected chi connectivity index (χ3v) is 5.05. The minimum Gasteiger partial charge on any atom is -0.494 e. The Kier molecular flexibility index (Phi) is 10.0. The van der Waals surface area contributed by atoms with Crippen LogP contribution in [-0.4, -0.2) is 31.2 Å². The summed E-state index contributed by atoms with van der Waals surface area (Å²) in [6.07, 6.45) is 10.4. The highest BCUT2D eigenvalue weighted by atomic mass is 16.5. The predicted molar refractivity (Wildman–Crippen MR) is 115 cm³/mol. The molecule has 0 fully saturated rings. The SMILES string of the molecule is COC1=C(OC)C(O)C(CC=C(C)CCC=C(C)CCC=C(C)C)=C(C)C1=O. The molecule has 4 nitrogen and oxygen atoms in total. The van der Waals surface area contributed by atoms with Crippen LogP contribution in [0.5, 0.6) is 0 Å². The molecule has 0 saturated heterocycles. The van der Waals surface area contributed by atoms with Crippen molar-refractivity contribution in [2.45, 2.75) is 72.8 Å². The second-order valence-electron chi connectivity index (χ2n) is 7.65. The first-order chi connectivity index (χ1) is 13.2. The van der Waals surface area contributed by atoms with Gasteiger partial charge in [0.15, 0.2) is 5.76 Å². The van der Waals surface area contributed by atoms with Gasteiger partial charge in [-0.25, -0.2) is 0 Å². The number of Topliss-reactive ketones (excluding diaryl/α,β-unsaturated/α-hetero) is 1. The maximum absolute atomic E-state index is 12.4. The Balaban J connectivity index is 2.68. The number of rotatable bonds is 10. The second kappa shape index (κ2) is 11.7. The van der Waals surface area contributed by atoms with E-state index >= 15 is 0 Å². The van der Waals surface area contributed by atoms with Crippen molar-refractivity contribution in [2.75, 3.05) is 14.2 Å². The number of carbonyl (C=O) groups excluding carboxylic acids is 1. The zero-order chi connectivity index (χ0) is 21.3. The summed E-state index contributed by atoms with van der Waals surface area (Å²) in [7, 11) is 2.85. The third-order valence-electron chi connectivity index (χ3n) is 5.05. The normalized spacial score (nSPS) is 18.6. The van der Waals surface area contributed by atoms with Crippen LogP contribution in [0.4, 0.5) is 0 Å². The summed E-state index contributed by atoms with van der Waals surface area (Å²) in [5.41, 5.74) is 5.23. The summed E-state index contributed by atoms with van der Waals surface area (Å²) in [4.78, 5) is 12.4. The van der Waals surface area contributed by atoms with Crippen molar-refractivity contribution in [3.05, 3.63) is 57.6 Å². The van der Waals surface area contributed by atoms with Gasteiger partial charge in [-0.05, 0) is 72.3 Å². The number of ketones is 1. The minimum atomic E-state index is -0.945. The molecular formula is C24H36O4. The molecule has 1 aliphatic rings. The zero-order valence-electron chi connectivity index (χ0n) is 18.5. The van der Waals surface area contributed by atoms with E-state index in [1.807, 2.05) is 0 Å². The van der Waals surface area contributed by atoms with Crippen LogP contribution in [0.1, 0.15) is 66.7 Å². The fourth-order valence-electron chi connectivity index (χ4n) is 3.20. The molecule has 1 atom stereocenters. The molecule has 0 spiro atoms. The molecule has 0 aromatic carbocycles. The van der Waals surface area contributed by atoms with Crippen molar-refractivity contribution in [3.8, 4) is 0 Å². The Morgan fingerprint density at radius 2 is 1.54 bits per heavy atom. The summed E-state index contributed by atoms with van der Waals surface area (Å²) in [6.45, 7) is 10.3. The fourth-order valence-corrected chi connectivity index (χ4v) is 3.20.